The molecule has 0 aromatic carbocycles. The van der Waals surface area contributed by atoms with Gasteiger partial charge in [0.1, 0.15) is 5.54 Å². The number of rotatable bonds is 3. The number of aliphatic carboxylic acids is 1. The lowest BCUT2D eigenvalue weighted by molar-refractivity contribution is -0.145. The van der Waals surface area contributed by atoms with Gasteiger partial charge in [0.15, 0.2) is 0 Å². The molecule has 0 heterocycles. The second-order valence-electron chi connectivity index (χ2n) is 5.74. The van der Waals surface area contributed by atoms with E-state index in [4.69, 9.17) is 5.73 Å². The third-order valence-corrected chi connectivity index (χ3v) is 2.86. The minimum atomic E-state index is -1.20. The number of nitrogens with two attached hydrogens (primary N) is 1. The molecule has 0 rings (SSSR count). The SMILES string of the molecule is CC(C)(C)CC(N)(C(=O)O)C(C)(C)P. The first-order valence-corrected chi connectivity index (χ1v) is 5.29. The Hall–Kier alpha value is -0.140. The summed E-state index contributed by atoms with van der Waals surface area (Å²) in [5.74, 6) is -0.938. The van der Waals surface area contributed by atoms with E-state index in [2.05, 4.69) is 9.24 Å². The van der Waals surface area contributed by atoms with Crippen molar-refractivity contribution >= 4 is 15.2 Å². The Balaban J connectivity index is 5.04. The molecule has 4 heteroatoms. The van der Waals surface area contributed by atoms with E-state index in [-0.39, 0.29) is 5.41 Å². The molecule has 3 nitrogen and oxygen atoms in total. The second kappa shape index (κ2) is 3.79. The van der Waals surface area contributed by atoms with Crippen LogP contribution in [0.1, 0.15) is 41.0 Å². The molecule has 0 radical (unpaired) electrons. The largest absolute Gasteiger partial charge is 0.480 e. The van der Waals surface area contributed by atoms with E-state index < -0.39 is 16.7 Å². The van der Waals surface area contributed by atoms with Gasteiger partial charge in [-0.1, -0.05) is 34.6 Å². The summed E-state index contributed by atoms with van der Waals surface area (Å²) in [5.41, 5.74) is 4.69. The van der Waals surface area contributed by atoms with Crippen molar-refractivity contribution in [3.8, 4) is 0 Å². The molecule has 0 amide bonds. The fraction of sp³-hybridized carbons (Fsp3) is 0.900. The van der Waals surface area contributed by atoms with E-state index >= 15 is 0 Å². The first-order chi connectivity index (χ1) is 5.90. The van der Waals surface area contributed by atoms with Crippen LogP contribution in [-0.4, -0.2) is 21.8 Å². The molecule has 0 aromatic heterocycles. The molecule has 0 aliphatic carbocycles. The van der Waals surface area contributed by atoms with Crippen LogP contribution in [0.3, 0.4) is 0 Å². The third kappa shape index (κ3) is 3.21. The molecule has 0 saturated heterocycles. The molecule has 0 bridgehead atoms. The normalized spacial score (nSPS) is 17.6. The zero-order valence-electron chi connectivity index (χ0n) is 9.72. The van der Waals surface area contributed by atoms with Crippen molar-refractivity contribution < 1.29 is 9.90 Å². The van der Waals surface area contributed by atoms with Crippen LogP contribution in [-0.2, 0) is 4.79 Å². The highest BCUT2D eigenvalue weighted by Crippen LogP contribution is 2.38. The summed E-state index contributed by atoms with van der Waals surface area (Å²) in [6.45, 7) is 9.64. The maximum Gasteiger partial charge on any atom is 0.324 e. The average Bonchev–Trinajstić information content (AvgIpc) is 1.79. The number of hydrogen-bond donors (Lipinski definition) is 2. The van der Waals surface area contributed by atoms with Crippen molar-refractivity contribution in [1.29, 1.82) is 0 Å². The van der Waals surface area contributed by atoms with E-state index in [0.29, 0.717) is 6.42 Å². The van der Waals surface area contributed by atoms with Crippen molar-refractivity contribution in [1.82, 2.24) is 0 Å². The summed E-state index contributed by atoms with van der Waals surface area (Å²) < 4.78 is 0. The van der Waals surface area contributed by atoms with Crippen molar-refractivity contribution in [3.05, 3.63) is 0 Å². The van der Waals surface area contributed by atoms with Crippen LogP contribution in [0, 0.1) is 5.41 Å². The van der Waals surface area contributed by atoms with Crippen LogP contribution in [0.25, 0.3) is 0 Å². The number of carbonyl (C=O) groups is 1. The van der Waals surface area contributed by atoms with Crippen LogP contribution >= 0.6 is 9.24 Å². The van der Waals surface area contributed by atoms with Crippen LogP contribution in [0.15, 0.2) is 0 Å². The summed E-state index contributed by atoms with van der Waals surface area (Å²) >= 11 is 0. The van der Waals surface area contributed by atoms with E-state index in [1.807, 2.05) is 34.6 Å². The van der Waals surface area contributed by atoms with Gasteiger partial charge in [-0.25, -0.2) is 0 Å². The molecule has 0 aliphatic rings. The highest BCUT2D eigenvalue weighted by Gasteiger charge is 2.47. The van der Waals surface area contributed by atoms with Crippen molar-refractivity contribution in [3.63, 3.8) is 0 Å². The minimum Gasteiger partial charge on any atom is -0.480 e. The van der Waals surface area contributed by atoms with Crippen LogP contribution in [0.4, 0.5) is 0 Å². The molecule has 0 spiro atoms. The summed E-state index contributed by atoms with van der Waals surface area (Å²) in [6, 6.07) is 0. The van der Waals surface area contributed by atoms with Gasteiger partial charge in [0.2, 0.25) is 0 Å². The lowest BCUT2D eigenvalue weighted by atomic mass is 9.74. The predicted molar refractivity (Wildman–Crippen MR) is 62.4 cm³/mol. The number of hydrogen-bond acceptors (Lipinski definition) is 2. The summed E-state index contributed by atoms with van der Waals surface area (Å²) in [5, 5.41) is 8.67. The fourth-order valence-electron chi connectivity index (χ4n) is 1.42. The van der Waals surface area contributed by atoms with Gasteiger partial charge < -0.3 is 10.8 Å². The molecule has 0 fully saturated rings. The van der Waals surface area contributed by atoms with Crippen LogP contribution < -0.4 is 5.73 Å². The predicted octanol–water partition coefficient (Wildman–Crippen LogP) is 1.86. The van der Waals surface area contributed by atoms with E-state index in [1.54, 1.807) is 0 Å². The van der Waals surface area contributed by atoms with Gasteiger partial charge >= 0.3 is 5.97 Å². The maximum atomic E-state index is 11.2. The van der Waals surface area contributed by atoms with Gasteiger partial charge in [0.25, 0.3) is 0 Å². The summed E-state index contributed by atoms with van der Waals surface area (Å²) in [6.07, 6.45) is 0.450. The molecule has 0 aliphatic heterocycles. The van der Waals surface area contributed by atoms with Crippen molar-refractivity contribution in [2.75, 3.05) is 0 Å². The quantitative estimate of drug-likeness (QED) is 0.712. The Bertz CT molecular complexity index is 227. The molecular weight excluding hydrogens is 197 g/mol. The molecule has 0 aromatic rings. The Morgan fingerprint density at radius 2 is 1.64 bits per heavy atom. The Morgan fingerprint density at radius 1 is 1.29 bits per heavy atom. The molecule has 14 heavy (non-hydrogen) atoms. The highest BCUT2D eigenvalue weighted by molar-refractivity contribution is 7.19. The van der Waals surface area contributed by atoms with Crippen molar-refractivity contribution in [2.45, 2.75) is 51.7 Å². The molecule has 0 saturated carbocycles. The first-order valence-electron chi connectivity index (χ1n) is 4.71. The van der Waals surface area contributed by atoms with Gasteiger partial charge in [-0.15, -0.1) is 9.24 Å². The van der Waals surface area contributed by atoms with E-state index in [9.17, 15) is 9.90 Å². The maximum absolute atomic E-state index is 11.2. The van der Waals surface area contributed by atoms with Crippen LogP contribution in [0.5, 0.6) is 0 Å². The third-order valence-electron chi connectivity index (χ3n) is 2.34. The molecule has 84 valence electrons. The fourth-order valence-corrected chi connectivity index (χ4v) is 1.64. The lowest BCUT2D eigenvalue weighted by Crippen LogP contribution is -2.61. The molecule has 2 unspecified atom stereocenters. The summed E-state index contributed by atoms with van der Waals surface area (Å²) in [4.78, 5) is 11.2. The Kier molecular flexibility index (Phi) is 3.75. The smallest absolute Gasteiger partial charge is 0.324 e. The van der Waals surface area contributed by atoms with Crippen molar-refractivity contribution in [2.24, 2.45) is 11.1 Å². The van der Waals surface area contributed by atoms with Gasteiger partial charge in [0.05, 0.1) is 0 Å². The zero-order valence-corrected chi connectivity index (χ0v) is 10.9. The summed E-state index contributed by atoms with van der Waals surface area (Å²) in [7, 11) is 2.53. The van der Waals surface area contributed by atoms with Gasteiger partial charge in [-0.2, -0.15) is 0 Å². The van der Waals surface area contributed by atoms with E-state index in [0.717, 1.165) is 0 Å². The average molecular weight is 219 g/mol. The number of carboxylic acid groups (broad SMARTS) is 1. The molecule has 3 N–H and O–H groups in total. The minimum absolute atomic E-state index is 0.0962. The van der Waals surface area contributed by atoms with Gasteiger partial charge in [-0.3, -0.25) is 4.79 Å². The molecular formula is C10H22NO2P. The standard InChI is InChI=1S/C10H22NO2P/c1-8(2,3)6-10(11,7(12)13)9(4,5)14/h6,11,14H2,1-5H3,(H,12,13). The zero-order chi connectivity index (χ0) is 11.8. The Morgan fingerprint density at radius 3 is 1.71 bits per heavy atom. The number of carboxylic acids is 1. The monoisotopic (exact) mass is 219 g/mol. The highest BCUT2D eigenvalue weighted by atomic mass is 31.0. The first kappa shape index (κ1) is 13.9. The molecule has 2 atom stereocenters. The van der Waals surface area contributed by atoms with Crippen LogP contribution in [0.2, 0.25) is 0 Å². The van der Waals surface area contributed by atoms with E-state index in [1.165, 1.54) is 0 Å². The second-order valence-corrected chi connectivity index (χ2v) is 7.18. The Labute approximate surface area is 88.6 Å². The topological polar surface area (TPSA) is 63.3 Å². The lowest BCUT2D eigenvalue weighted by Gasteiger charge is -2.41. The van der Waals surface area contributed by atoms with Gasteiger partial charge in [0, 0.05) is 5.16 Å². The van der Waals surface area contributed by atoms with Gasteiger partial charge in [-0.05, 0) is 11.8 Å².